The van der Waals surface area contributed by atoms with Gasteiger partial charge in [-0.3, -0.25) is 4.79 Å². The van der Waals surface area contributed by atoms with Gasteiger partial charge in [-0.15, -0.1) is 0 Å². The molecule has 0 aromatic carbocycles. The summed E-state index contributed by atoms with van der Waals surface area (Å²) in [4.78, 5) is 11.5. The minimum atomic E-state index is 0.0705. The van der Waals surface area contributed by atoms with Crippen LogP contribution >= 0.6 is 0 Å². The van der Waals surface area contributed by atoms with Crippen molar-refractivity contribution in [1.29, 1.82) is 0 Å². The number of pyridine rings is 1. The van der Waals surface area contributed by atoms with E-state index in [4.69, 9.17) is 7.85 Å². The van der Waals surface area contributed by atoms with Gasteiger partial charge in [0.25, 0.3) is 5.56 Å². The molecule has 2 nitrogen and oxygen atoms in total. The molecule has 13 heavy (non-hydrogen) atoms. The second-order valence-electron chi connectivity index (χ2n) is 3.65. The van der Waals surface area contributed by atoms with Gasteiger partial charge in [0.1, 0.15) is 7.85 Å². The summed E-state index contributed by atoms with van der Waals surface area (Å²) in [5.74, 6) is 0. The van der Waals surface area contributed by atoms with Crippen LogP contribution in [0.2, 0.25) is 0 Å². The summed E-state index contributed by atoms with van der Waals surface area (Å²) in [7, 11) is 5.64. The Morgan fingerprint density at radius 2 is 2.00 bits per heavy atom. The van der Waals surface area contributed by atoms with E-state index in [0.29, 0.717) is 11.5 Å². The molecule has 1 saturated carbocycles. The SMILES string of the molecule is [B]c1ccc(=O)n(C2CCCC2)c1. The predicted molar refractivity (Wildman–Crippen MR) is 53.6 cm³/mol. The first-order valence-electron chi connectivity index (χ1n) is 4.75. The Balaban J connectivity index is 2.37. The van der Waals surface area contributed by atoms with Crippen molar-refractivity contribution in [3.8, 4) is 0 Å². The van der Waals surface area contributed by atoms with Gasteiger partial charge in [0.15, 0.2) is 0 Å². The van der Waals surface area contributed by atoms with Crippen LogP contribution in [0.4, 0.5) is 0 Å². The second-order valence-corrected chi connectivity index (χ2v) is 3.65. The van der Waals surface area contributed by atoms with Crippen LogP contribution in [0.3, 0.4) is 0 Å². The van der Waals surface area contributed by atoms with Gasteiger partial charge in [-0.05, 0) is 12.8 Å². The summed E-state index contributed by atoms with van der Waals surface area (Å²) in [5, 5.41) is 0. The standard InChI is InChI=1S/C10H12BNO/c11-8-5-6-10(13)12(7-8)9-3-1-2-4-9/h5-7,9H,1-4H2. The Morgan fingerprint density at radius 1 is 1.31 bits per heavy atom. The van der Waals surface area contributed by atoms with Crippen molar-refractivity contribution in [3.05, 3.63) is 28.7 Å². The van der Waals surface area contributed by atoms with Gasteiger partial charge in [-0.25, -0.2) is 0 Å². The second kappa shape index (κ2) is 3.40. The van der Waals surface area contributed by atoms with Gasteiger partial charge in [0.05, 0.1) is 0 Å². The van der Waals surface area contributed by atoms with Crippen molar-refractivity contribution in [2.24, 2.45) is 0 Å². The first-order chi connectivity index (χ1) is 6.27. The molecule has 1 fully saturated rings. The lowest BCUT2D eigenvalue weighted by Crippen LogP contribution is -2.26. The third-order valence-corrected chi connectivity index (χ3v) is 2.68. The van der Waals surface area contributed by atoms with E-state index in [1.54, 1.807) is 22.9 Å². The van der Waals surface area contributed by atoms with E-state index in [9.17, 15) is 4.79 Å². The molecule has 1 aliphatic rings. The Labute approximate surface area is 79.0 Å². The molecule has 66 valence electrons. The lowest BCUT2D eigenvalue weighted by molar-refractivity contribution is 0.504. The minimum Gasteiger partial charge on any atom is -0.313 e. The molecule has 0 atom stereocenters. The zero-order valence-corrected chi connectivity index (χ0v) is 7.57. The summed E-state index contributed by atoms with van der Waals surface area (Å²) >= 11 is 0. The van der Waals surface area contributed by atoms with Crippen LogP contribution in [0.1, 0.15) is 31.7 Å². The zero-order chi connectivity index (χ0) is 9.26. The summed E-state index contributed by atoms with van der Waals surface area (Å²) < 4.78 is 1.78. The monoisotopic (exact) mass is 173 g/mol. The van der Waals surface area contributed by atoms with Gasteiger partial charge >= 0.3 is 0 Å². The fraction of sp³-hybridized carbons (Fsp3) is 0.500. The molecule has 0 N–H and O–H groups in total. The lowest BCUT2D eigenvalue weighted by Gasteiger charge is -2.13. The maximum atomic E-state index is 11.5. The highest BCUT2D eigenvalue weighted by atomic mass is 16.1. The molecule has 1 aliphatic carbocycles. The van der Waals surface area contributed by atoms with E-state index in [2.05, 4.69) is 0 Å². The van der Waals surface area contributed by atoms with E-state index in [0.717, 1.165) is 12.8 Å². The topological polar surface area (TPSA) is 22.0 Å². The quantitative estimate of drug-likeness (QED) is 0.574. The Kier molecular flexibility index (Phi) is 2.25. The zero-order valence-electron chi connectivity index (χ0n) is 7.57. The van der Waals surface area contributed by atoms with Crippen LogP contribution in [0.15, 0.2) is 23.1 Å². The minimum absolute atomic E-state index is 0.0705. The molecular formula is C10H12BNO. The van der Waals surface area contributed by atoms with Crippen LogP contribution in [-0.4, -0.2) is 12.4 Å². The normalized spacial score (nSPS) is 17.8. The largest absolute Gasteiger partial charge is 0.313 e. The van der Waals surface area contributed by atoms with Crippen molar-refractivity contribution in [2.75, 3.05) is 0 Å². The highest BCUT2D eigenvalue weighted by molar-refractivity contribution is 6.32. The van der Waals surface area contributed by atoms with Gasteiger partial charge in [0, 0.05) is 18.3 Å². The number of nitrogens with zero attached hydrogens (tertiary/aromatic N) is 1. The number of rotatable bonds is 1. The molecular weight excluding hydrogens is 161 g/mol. The Bertz CT molecular complexity index is 352. The van der Waals surface area contributed by atoms with Crippen molar-refractivity contribution in [2.45, 2.75) is 31.7 Å². The van der Waals surface area contributed by atoms with E-state index in [1.165, 1.54) is 12.8 Å². The van der Waals surface area contributed by atoms with Crippen LogP contribution in [0.25, 0.3) is 0 Å². The van der Waals surface area contributed by atoms with Gasteiger partial charge < -0.3 is 4.57 Å². The maximum absolute atomic E-state index is 11.5. The molecule has 1 heterocycles. The Morgan fingerprint density at radius 3 is 2.69 bits per heavy atom. The smallest absolute Gasteiger partial charge is 0.250 e. The molecule has 0 aliphatic heterocycles. The van der Waals surface area contributed by atoms with Gasteiger partial charge in [0.2, 0.25) is 0 Å². The van der Waals surface area contributed by atoms with Crippen LogP contribution < -0.4 is 11.0 Å². The summed E-state index contributed by atoms with van der Waals surface area (Å²) in [6, 6.07) is 3.59. The molecule has 0 bridgehead atoms. The van der Waals surface area contributed by atoms with Crippen molar-refractivity contribution in [3.63, 3.8) is 0 Å². The van der Waals surface area contributed by atoms with Crippen molar-refractivity contribution in [1.82, 2.24) is 4.57 Å². The number of hydrogen-bond acceptors (Lipinski definition) is 1. The third-order valence-electron chi connectivity index (χ3n) is 2.68. The van der Waals surface area contributed by atoms with Gasteiger partial charge in [-0.2, -0.15) is 0 Å². The van der Waals surface area contributed by atoms with Crippen LogP contribution in [0.5, 0.6) is 0 Å². The fourth-order valence-corrected chi connectivity index (χ4v) is 1.99. The highest BCUT2D eigenvalue weighted by Gasteiger charge is 2.16. The molecule has 0 saturated heterocycles. The van der Waals surface area contributed by atoms with E-state index < -0.39 is 0 Å². The third kappa shape index (κ3) is 1.69. The number of aromatic nitrogens is 1. The lowest BCUT2D eigenvalue weighted by atomic mass is 9.99. The maximum Gasteiger partial charge on any atom is 0.250 e. The van der Waals surface area contributed by atoms with E-state index in [1.807, 2.05) is 0 Å². The highest BCUT2D eigenvalue weighted by Crippen LogP contribution is 2.27. The summed E-state index contributed by atoms with van der Waals surface area (Å²) in [5.41, 5.74) is 0.743. The predicted octanol–water partition coefficient (Wildman–Crippen LogP) is 0.757. The molecule has 2 rings (SSSR count). The first-order valence-corrected chi connectivity index (χ1v) is 4.75. The van der Waals surface area contributed by atoms with Crippen molar-refractivity contribution < 1.29 is 0 Å². The molecule has 2 radical (unpaired) electrons. The number of hydrogen-bond donors (Lipinski definition) is 0. The summed E-state index contributed by atoms with van der Waals surface area (Å²) in [6.45, 7) is 0. The summed E-state index contributed by atoms with van der Waals surface area (Å²) in [6.07, 6.45) is 6.45. The van der Waals surface area contributed by atoms with Crippen LogP contribution in [0, 0.1) is 0 Å². The molecule has 1 aromatic rings. The van der Waals surface area contributed by atoms with E-state index >= 15 is 0 Å². The van der Waals surface area contributed by atoms with E-state index in [-0.39, 0.29) is 5.56 Å². The Hall–Kier alpha value is -0.985. The average molecular weight is 173 g/mol. The average Bonchev–Trinajstić information content (AvgIpc) is 2.61. The van der Waals surface area contributed by atoms with Crippen LogP contribution in [-0.2, 0) is 0 Å². The molecule has 3 heteroatoms. The van der Waals surface area contributed by atoms with Crippen molar-refractivity contribution >= 4 is 13.3 Å². The molecule has 0 spiro atoms. The molecule has 0 unspecified atom stereocenters. The van der Waals surface area contributed by atoms with Gasteiger partial charge in [-0.1, -0.05) is 24.4 Å². The molecule has 1 aromatic heterocycles. The fourth-order valence-electron chi connectivity index (χ4n) is 1.99. The first kappa shape index (κ1) is 8.61. The molecule has 0 amide bonds.